The van der Waals surface area contributed by atoms with Gasteiger partial charge in [-0.2, -0.15) is 0 Å². The third-order valence-electron chi connectivity index (χ3n) is 7.54. The number of fused-ring (bicyclic) bond motifs is 7. The van der Waals surface area contributed by atoms with Gasteiger partial charge in [0.15, 0.2) is 6.20 Å². The van der Waals surface area contributed by atoms with Crippen molar-refractivity contribution in [2.45, 2.75) is 40.5 Å². The smallest absolute Gasteiger partial charge is 0.206 e. The van der Waals surface area contributed by atoms with Crippen molar-refractivity contribution in [2.24, 2.45) is 7.05 Å². The average Bonchev–Trinajstić information content (AvgIpc) is 3.29. The molecule has 0 atom stereocenters. The van der Waals surface area contributed by atoms with E-state index < -0.39 is 0 Å². The van der Waals surface area contributed by atoms with Crippen LogP contribution in [0.15, 0.2) is 48.7 Å². The highest BCUT2D eigenvalue weighted by Gasteiger charge is 2.35. The van der Waals surface area contributed by atoms with E-state index in [-0.39, 0.29) is 5.82 Å². The van der Waals surface area contributed by atoms with Crippen molar-refractivity contribution in [1.82, 2.24) is 0 Å². The highest BCUT2D eigenvalue weighted by Crippen LogP contribution is 2.49. The van der Waals surface area contributed by atoms with E-state index in [1.165, 1.54) is 61.3 Å². The predicted octanol–water partition coefficient (Wildman–Crippen LogP) is 6.69. The SMILES string of the molecule is Cc1ccc2c(c1)Cc1c-2cc(F)c2c1Cc1c-2cc[n+](C)c1-c1cc(C)cc(C)c1C. The van der Waals surface area contributed by atoms with Gasteiger partial charge in [0.05, 0.1) is 0 Å². The maximum Gasteiger partial charge on any atom is 0.216 e. The van der Waals surface area contributed by atoms with Crippen molar-refractivity contribution in [2.75, 3.05) is 0 Å². The van der Waals surface area contributed by atoms with Gasteiger partial charge in [-0.15, -0.1) is 0 Å². The Kier molecular flexibility index (Phi) is 4.02. The highest BCUT2D eigenvalue weighted by atomic mass is 19.1. The van der Waals surface area contributed by atoms with Gasteiger partial charge in [0, 0.05) is 34.7 Å². The summed E-state index contributed by atoms with van der Waals surface area (Å²) in [5.74, 6) is -0.0946. The van der Waals surface area contributed by atoms with Crippen LogP contribution >= 0.6 is 0 Å². The maximum absolute atomic E-state index is 15.6. The Balaban J connectivity index is 1.59. The van der Waals surface area contributed by atoms with Crippen LogP contribution in [0.5, 0.6) is 0 Å². The standard InChI is InChI=1S/C30H27FN/c1-16-6-7-21-20(11-16)13-24-25(21)15-28(31)29-22-8-9-32(5)30(27(22)14-26(24)29)23-12-17(2)10-18(3)19(23)4/h6-12,15H,13-14H2,1-5H3/q+1. The summed E-state index contributed by atoms with van der Waals surface area (Å²) in [5, 5.41) is 0. The molecular weight excluding hydrogens is 393 g/mol. The predicted molar refractivity (Wildman–Crippen MR) is 128 cm³/mol. The summed E-state index contributed by atoms with van der Waals surface area (Å²) in [5.41, 5.74) is 16.8. The van der Waals surface area contributed by atoms with Crippen molar-refractivity contribution in [3.8, 4) is 33.5 Å². The molecule has 1 nitrogen and oxygen atoms in total. The Bertz CT molecular complexity index is 1480. The number of nitrogens with zero attached hydrogens (tertiary/aromatic N) is 1. The van der Waals surface area contributed by atoms with Crippen molar-refractivity contribution in [1.29, 1.82) is 0 Å². The molecule has 2 aliphatic rings. The number of aryl methyl sites for hydroxylation is 4. The van der Waals surface area contributed by atoms with E-state index in [1.54, 1.807) is 6.07 Å². The average molecular weight is 421 g/mol. The summed E-state index contributed by atoms with van der Waals surface area (Å²) < 4.78 is 17.8. The second-order valence-corrected chi connectivity index (χ2v) is 9.67. The molecule has 0 spiro atoms. The molecule has 0 bridgehead atoms. The number of pyridine rings is 1. The monoisotopic (exact) mass is 420 g/mol. The van der Waals surface area contributed by atoms with Gasteiger partial charge in [-0.25, -0.2) is 8.96 Å². The molecule has 2 aliphatic carbocycles. The molecule has 32 heavy (non-hydrogen) atoms. The van der Waals surface area contributed by atoms with E-state index in [1.807, 2.05) is 0 Å². The minimum absolute atomic E-state index is 0.0946. The molecule has 0 amide bonds. The first-order valence-corrected chi connectivity index (χ1v) is 11.4. The van der Waals surface area contributed by atoms with Crippen LogP contribution in [0, 0.1) is 33.5 Å². The van der Waals surface area contributed by atoms with Gasteiger partial charge in [-0.05, 0) is 85.2 Å². The minimum atomic E-state index is -0.0946. The zero-order valence-corrected chi connectivity index (χ0v) is 19.4. The van der Waals surface area contributed by atoms with Gasteiger partial charge < -0.3 is 0 Å². The van der Waals surface area contributed by atoms with E-state index >= 15 is 4.39 Å². The number of aromatic nitrogens is 1. The quantitative estimate of drug-likeness (QED) is 0.261. The summed E-state index contributed by atoms with van der Waals surface area (Å²) in [6.45, 7) is 8.65. The number of rotatable bonds is 1. The van der Waals surface area contributed by atoms with Crippen molar-refractivity contribution >= 4 is 0 Å². The van der Waals surface area contributed by atoms with E-state index in [0.29, 0.717) is 0 Å². The molecule has 3 aromatic carbocycles. The molecule has 4 aromatic rings. The molecule has 0 N–H and O–H groups in total. The molecular formula is C30H27FN+. The zero-order valence-electron chi connectivity index (χ0n) is 19.4. The lowest BCUT2D eigenvalue weighted by Gasteiger charge is -2.12. The molecule has 0 aliphatic heterocycles. The fraction of sp³-hybridized carbons (Fsp3) is 0.233. The van der Waals surface area contributed by atoms with Crippen LogP contribution < -0.4 is 4.57 Å². The molecule has 0 saturated heterocycles. The van der Waals surface area contributed by atoms with E-state index in [4.69, 9.17) is 0 Å². The fourth-order valence-electron chi connectivity index (χ4n) is 5.92. The van der Waals surface area contributed by atoms with Gasteiger partial charge in [0.2, 0.25) is 5.69 Å². The van der Waals surface area contributed by atoms with Crippen molar-refractivity contribution in [3.63, 3.8) is 0 Å². The third kappa shape index (κ3) is 2.59. The lowest BCUT2D eigenvalue weighted by Crippen LogP contribution is -2.32. The zero-order chi connectivity index (χ0) is 22.3. The number of hydrogen-bond acceptors (Lipinski definition) is 0. The van der Waals surface area contributed by atoms with Crippen LogP contribution in [0.25, 0.3) is 33.5 Å². The van der Waals surface area contributed by atoms with Crippen LogP contribution in [-0.4, -0.2) is 0 Å². The van der Waals surface area contributed by atoms with Gasteiger partial charge in [0.1, 0.15) is 12.9 Å². The molecule has 0 saturated carbocycles. The van der Waals surface area contributed by atoms with Crippen molar-refractivity contribution < 1.29 is 8.96 Å². The van der Waals surface area contributed by atoms with Gasteiger partial charge in [-0.3, -0.25) is 0 Å². The van der Waals surface area contributed by atoms with Crippen LogP contribution in [0.1, 0.15) is 44.5 Å². The minimum Gasteiger partial charge on any atom is -0.206 e. The highest BCUT2D eigenvalue weighted by molar-refractivity contribution is 5.89. The Morgan fingerprint density at radius 3 is 2.34 bits per heavy atom. The van der Waals surface area contributed by atoms with Gasteiger partial charge >= 0.3 is 0 Å². The van der Waals surface area contributed by atoms with Crippen LogP contribution in [0.3, 0.4) is 0 Å². The summed E-state index contributed by atoms with van der Waals surface area (Å²) in [7, 11) is 2.11. The van der Waals surface area contributed by atoms with E-state index in [0.717, 1.165) is 29.5 Å². The Morgan fingerprint density at radius 1 is 0.719 bits per heavy atom. The topological polar surface area (TPSA) is 3.88 Å². The first-order valence-electron chi connectivity index (χ1n) is 11.4. The second-order valence-electron chi connectivity index (χ2n) is 9.67. The molecule has 6 rings (SSSR count). The molecule has 0 fully saturated rings. The lowest BCUT2D eigenvalue weighted by atomic mass is 9.93. The lowest BCUT2D eigenvalue weighted by molar-refractivity contribution is -0.660. The number of benzene rings is 3. The molecule has 0 radical (unpaired) electrons. The number of halogens is 1. The fourth-order valence-corrected chi connectivity index (χ4v) is 5.92. The molecule has 1 aromatic heterocycles. The number of hydrogen-bond donors (Lipinski definition) is 0. The second kappa shape index (κ2) is 6.62. The van der Waals surface area contributed by atoms with Gasteiger partial charge in [0.25, 0.3) is 0 Å². The Labute approximate surface area is 189 Å². The molecule has 1 heterocycles. The molecule has 0 unspecified atom stereocenters. The summed E-state index contributed by atoms with van der Waals surface area (Å²) in [6, 6.07) is 14.9. The van der Waals surface area contributed by atoms with Crippen LogP contribution in [0.4, 0.5) is 4.39 Å². The normalized spacial score (nSPS) is 13.1. The maximum atomic E-state index is 15.6. The third-order valence-corrected chi connectivity index (χ3v) is 7.54. The first kappa shape index (κ1) is 19.4. The van der Waals surface area contributed by atoms with Crippen molar-refractivity contribution in [3.05, 3.63) is 99.0 Å². The summed E-state index contributed by atoms with van der Waals surface area (Å²) in [6.07, 6.45) is 3.77. The van der Waals surface area contributed by atoms with Crippen LogP contribution in [-0.2, 0) is 19.9 Å². The van der Waals surface area contributed by atoms with Gasteiger partial charge in [-0.1, -0.05) is 35.4 Å². The Hall–Kier alpha value is -3.26. The molecule has 158 valence electrons. The summed E-state index contributed by atoms with van der Waals surface area (Å²) in [4.78, 5) is 0. The first-order chi connectivity index (χ1) is 15.3. The largest absolute Gasteiger partial charge is 0.216 e. The summed E-state index contributed by atoms with van der Waals surface area (Å²) >= 11 is 0. The van der Waals surface area contributed by atoms with Crippen LogP contribution in [0.2, 0.25) is 0 Å². The Morgan fingerprint density at radius 2 is 1.53 bits per heavy atom. The van der Waals surface area contributed by atoms with E-state index in [2.05, 4.69) is 81.9 Å². The van der Waals surface area contributed by atoms with E-state index in [9.17, 15) is 0 Å². The molecule has 2 heteroatoms.